The standard InChI is InChI=1S/C11H18N2O2/c1-8-4-9(2)11(15)13(6-8)10(7-14)5-12-3/h4,6,10,12,14H,5,7H2,1-3H3. The predicted octanol–water partition coefficient (Wildman–Crippen LogP) is 0.218. The lowest BCUT2D eigenvalue weighted by Crippen LogP contribution is -2.33. The number of aliphatic hydroxyl groups excluding tert-OH is 1. The molecule has 84 valence electrons. The van der Waals surface area contributed by atoms with Crippen molar-refractivity contribution in [1.29, 1.82) is 0 Å². The van der Waals surface area contributed by atoms with Gasteiger partial charge in [0, 0.05) is 18.3 Å². The number of hydrogen-bond acceptors (Lipinski definition) is 3. The maximum absolute atomic E-state index is 11.8. The fourth-order valence-corrected chi connectivity index (χ4v) is 1.68. The van der Waals surface area contributed by atoms with E-state index in [0.717, 1.165) is 5.56 Å². The van der Waals surface area contributed by atoms with Crippen LogP contribution in [0.5, 0.6) is 0 Å². The Hall–Kier alpha value is -1.13. The third-order valence-corrected chi connectivity index (χ3v) is 2.40. The minimum absolute atomic E-state index is 0.0325. The quantitative estimate of drug-likeness (QED) is 0.747. The molecule has 0 aromatic carbocycles. The second kappa shape index (κ2) is 5.09. The predicted molar refractivity (Wildman–Crippen MR) is 60.2 cm³/mol. The number of pyridine rings is 1. The van der Waals surface area contributed by atoms with Crippen LogP contribution >= 0.6 is 0 Å². The van der Waals surface area contributed by atoms with E-state index in [4.69, 9.17) is 0 Å². The molecular formula is C11H18N2O2. The Morgan fingerprint density at radius 1 is 1.53 bits per heavy atom. The van der Waals surface area contributed by atoms with Gasteiger partial charge < -0.3 is 15.0 Å². The van der Waals surface area contributed by atoms with Crippen LogP contribution in [0.15, 0.2) is 17.1 Å². The molecule has 1 aromatic heterocycles. The van der Waals surface area contributed by atoms with Gasteiger partial charge in [0.05, 0.1) is 12.6 Å². The lowest BCUT2D eigenvalue weighted by atomic mass is 10.2. The van der Waals surface area contributed by atoms with E-state index in [-0.39, 0.29) is 18.2 Å². The maximum Gasteiger partial charge on any atom is 0.253 e. The summed E-state index contributed by atoms with van der Waals surface area (Å²) in [5, 5.41) is 12.2. The second-order valence-electron chi connectivity index (χ2n) is 3.81. The number of rotatable bonds is 4. The Balaban J connectivity index is 3.16. The summed E-state index contributed by atoms with van der Waals surface area (Å²) in [6.07, 6.45) is 1.79. The van der Waals surface area contributed by atoms with Gasteiger partial charge in [-0.1, -0.05) is 0 Å². The SMILES string of the molecule is CNCC(CO)n1cc(C)cc(C)c1=O. The van der Waals surface area contributed by atoms with Crippen molar-refractivity contribution in [3.63, 3.8) is 0 Å². The highest BCUT2D eigenvalue weighted by Crippen LogP contribution is 2.05. The summed E-state index contributed by atoms with van der Waals surface area (Å²) in [5.74, 6) is 0. The first kappa shape index (κ1) is 11.9. The van der Waals surface area contributed by atoms with Crippen LogP contribution in [0.2, 0.25) is 0 Å². The summed E-state index contributed by atoms with van der Waals surface area (Å²) < 4.78 is 1.60. The van der Waals surface area contributed by atoms with Crippen LogP contribution in [-0.2, 0) is 0 Å². The summed E-state index contributed by atoms with van der Waals surface area (Å²) in [7, 11) is 1.80. The van der Waals surface area contributed by atoms with Gasteiger partial charge in [-0.3, -0.25) is 4.79 Å². The lowest BCUT2D eigenvalue weighted by molar-refractivity contribution is 0.223. The monoisotopic (exact) mass is 210 g/mol. The number of aromatic nitrogens is 1. The van der Waals surface area contributed by atoms with Gasteiger partial charge in [0.2, 0.25) is 0 Å². The molecule has 0 spiro atoms. The molecule has 0 amide bonds. The molecule has 0 aliphatic heterocycles. The molecule has 1 unspecified atom stereocenters. The van der Waals surface area contributed by atoms with E-state index in [1.807, 2.05) is 13.0 Å². The third-order valence-electron chi connectivity index (χ3n) is 2.40. The third kappa shape index (κ3) is 2.67. The van der Waals surface area contributed by atoms with Gasteiger partial charge in [-0.05, 0) is 32.5 Å². The van der Waals surface area contributed by atoms with Crippen LogP contribution in [-0.4, -0.2) is 29.9 Å². The molecule has 0 aliphatic rings. The summed E-state index contributed by atoms with van der Waals surface area (Å²) in [5.41, 5.74) is 1.71. The van der Waals surface area contributed by atoms with E-state index in [0.29, 0.717) is 12.1 Å². The van der Waals surface area contributed by atoms with Crippen LogP contribution in [0, 0.1) is 13.8 Å². The first-order valence-electron chi connectivity index (χ1n) is 5.05. The van der Waals surface area contributed by atoms with Gasteiger partial charge in [-0.2, -0.15) is 0 Å². The summed E-state index contributed by atoms with van der Waals surface area (Å²) in [6.45, 7) is 4.28. The van der Waals surface area contributed by atoms with Crippen molar-refractivity contribution in [2.75, 3.05) is 20.2 Å². The molecular weight excluding hydrogens is 192 g/mol. The molecule has 0 bridgehead atoms. The van der Waals surface area contributed by atoms with Gasteiger partial charge in [-0.25, -0.2) is 0 Å². The zero-order valence-electron chi connectivity index (χ0n) is 9.45. The largest absolute Gasteiger partial charge is 0.394 e. The number of nitrogens with zero attached hydrogens (tertiary/aromatic N) is 1. The summed E-state index contributed by atoms with van der Waals surface area (Å²) >= 11 is 0. The van der Waals surface area contributed by atoms with Crippen LogP contribution in [0.25, 0.3) is 0 Å². The van der Waals surface area contributed by atoms with Gasteiger partial charge in [0.1, 0.15) is 0 Å². The average molecular weight is 210 g/mol. The molecule has 1 rings (SSSR count). The second-order valence-corrected chi connectivity index (χ2v) is 3.81. The van der Waals surface area contributed by atoms with Crippen molar-refractivity contribution in [2.24, 2.45) is 0 Å². The Morgan fingerprint density at radius 2 is 2.20 bits per heavy atom. The fourth-order valence-electron chi connectivity index (χ4n) is 1.68. The van der Waals surface area contributed by atoms with Gasteiger partial charge in [0.25, 0.3) is 5.56 Å². The van der Waals surface area contributed by atoms with Gasteiger partial charge in [-0.15, -0.1) is 0 Å². The lowest BCUT2D eigenvalue weighted by Gasteiger charge is -2.18. The molecule has 0 radical (unpaired) electrons. The molecule has 0 fully saturated rings. The Bertz CT molecular complexity index is 385. The van der Waals surface area contributed by atoms with Crippen molar-refractivity contribution in [2.45, 2.75) is 19.9 Å². The van der Waals surface area contributed by atoms with Gasteiger partial charge >= 0.3 is 0 Å². The molecule has 4 nitrogen and oxygen atoms in total. The van der Waals surface area contributed by atoms with Crippen molar-refractivity contribution < 1.29 is 5.11 Å². The highest BCUT2D eigenvalue weighted by Gasteiger charge is 2.11. The molecule has 15 heavy (non-hydrogen) atoms. The Labute approximate surface area is 89.6 Å². The molecule has 0 aliphatic carbocycles. The number of aliphatic hydroxyl groups is 1. The van der Waals surface area contributed by atoms with Crippen LogP contribution in [0.3, 0.4) is 0 Å². The zero-order valence-corrected chi connectivity index (χ0v) is 9.45. The van der Waals surface area contributed by atoms with E-state index in [1.54, 1.807) is 24.7 Å². The van der Waals surface area contributed by atoms with Crippen molar-refractivity contribution in [1.82, 2.24) is 9.88 Å². The molecule has 1 aromatic rings. The molecule has 0 saturated heterocycles. The van der Waals surface area contributed by atoms with E-state index < -0.39 is 0 Å². The number of hydrogen-bond donors (Lipinski definition) is 2. The first-order valence-corrected chi connectivity index (χ1v) is 5.05. The number of likely N-dealkylation sites (N-methyl/N-ethyl adjacent to an activating group) is 1. The fraction of sp³-hybridized carbons (Fsp3) is 0.545. The highest BCUT2D eigenvalue weighted by molar-refractivity contribution is 5.17. The Morgan fingerprint density at radius 3 is 2.73 bits per heavy atom. The number of aryl methyl sites for hydroxylation is 2. The maximum atomic E-state index is 11.8. The molecule has 4 heteroatoms. The van der Waals surface area contributed by atoms with E-state index in [9.17, 15) is 9.90 Å². The Kier molecular flexibility index (Phi) is 4.05. The molecule has 0 saturated carbocycles. The van der Waals surface area contributed by atoms with Gasteiger partial charge in [0.15, 0.2) is 0 Å². The normalized spacial score (nSPS) is 12.8. The molecule has 2 N–H and O–H groups in total. The summed E-state index contributed by atoms with van der Waals surface area (Å²) in [6, 6.07) is 1.66. The minimum Gasteiger partial charge on any atom is -0.394 e. The smallest absolute Gasteiger partial charge is 0.253 e. The van der Waals surface area contributed by atoms with E-state index >= 15 is 0 Å². The van der Waals surface area contributed by atoms with E-state index in [2.05, 4.69) is 5.32 Å². The van der Waals surface area contributed by atoms with Crippen LogP contribution in [0.1, 0.15) is 17.2 Å². The first-order chi connectivity index (χ1) is 7.10. The zero-order chi connectivity index (χ0) is 11.4. The van der Waals surface area contributed by atoms with Crippen molar-refractivity contribution in [3.8, 4) is 0 Å². The van der Waals surface area contributed by atoms with E-state index in [1.165, 1.54) is 0 Å². The van der Waals surface area contributed by atoms with Crippen molar-refractivity contribution >= 4 is 0 Å². The topological polar surface area (TPSA) is 54.3 Å². The molecule has 1 heterocycles. The van der Waals surface area contributed by atoms with Crippen LogP contribution in [0.4, 0.5) is 0 Å². The molecule has 1 atom stereocenters. The number of nitrogens with one attached hydrogen (secondary N) is 1. The minimum atomic E-state index is -0.193. The summed E-state index contributed by atoms with van der Waals surface area (Å²) in [4.78, 5) is 11.8. The highest BCUT2D eigenvalue weighted by atomic mass is 16.3. The van der Waals surface area contributed by atoms with Crippen molar-refractivity contribution in [3.05, 3.63) is 33.7 Å². The average Bonchev–Trinajstić information content (AvgIpc) is 2.20. The van der Waals surface area contributed by atoms with Crippen LogP contribution < -0.4 is 10.9 Å².